The van der Waals surface area contributed by atoms with Gasteiger partial charge in [-0.05, 0) is 60.9 Å². The van der Waals surface area contributed by atoms with E-state index in [2.05, 4.69) is 36.9 Å². The molecule has 3 rings (SSSR count). The molecule has 3 nitrogen and oxygen atoms in total. The molecule has 0 aromatic heterocycles. The topological polar surface area (TPSA) is 38.5 Å². The minimum absolute atomic E-state index is 0.125. The van der Waals surface area contributed by atoms with Gasteiger partial charge in [-0.25, -0.2) is 0 Å². The molecule has 0 saturated carbocycles. The molecule has 1 fully saturated rings. The average molecular weight is 288 g/mol. The van der Waals surface area contributed by atoms with Crippen LogP contribution in [-0.2, 0) is 6.42 Å². The first-order chi connectivity index (χ1) is 10.1. The molecule has 2 aliphatic rings. The van der Waals surface area contributed by atoms with Crippen LogP contribution in [-0.4, -0.2) is 31.1 Å². The van der Waals surface area contributed by atoms with E-state index in [1.54, 1.807) is 7.11 Å². The number of nitrogens with two attached hydrogens (primary N) is 1. The number of hydrogen-bond acceptors (Lipinski definition) is 3. The number of benzene rings is 1. The molecule has 1 aliphatic heterocycles. The Kier molecular flexibility index (Phi) is 3.98. The monoisotopic (exact) mass is 288 g/mol. The highest BCUT2D eigenvalue weighted by Gasteiger charge is 2.42. The van der Waals surface area contributed by atoms with Crippen molar-refractivity contribution in [1.82, 2.24) is 4.90 Å². The van der Waals surface area contributed by atoms with E-state index in [0.717, 1.165) is 12.2 Å². The Morgan fingerprint density at radius 3 is 2.71 bits per heavy atom. The molecule has 21 heavy (non-hydrogen) atoms. The fraction of sp³-hybridized carbons (Fsp3) is 0.667. The van der Waals surface area contributed by atoms with E-state index in [1.165, 1.54) is 43.5 Å². The van der Waals surface area contributed by atoms with Crippen LogP contribution >= 0.6 is 0 Å². The summed E-state index contributed by atoms with van der Waals surface area (Å²) in [6.07, 6.45) is 4.97. The lowest BCUT2D eigenvalue weighted by molar-refractivity contribution is 0.181. The van der Waals surface area contributed by atoms with Crippen LogP contribution in [0, 0.1) is 5.41 Å². The van der Waals surface area contributed by atoms with Gasteiger partial charge in [0.1, 0.15) is 5.75 Å². The number of ether oxygens (including phenoxy) is 1. The molecule has 1 aliphatic carbocycles. The van der Waals surface area contributed by atoms with E-state index < -0.39 is 0 Å². The van der Waals surface area contributed by atoms with Gasteiger partial charge in [0.05, 0.1) is 7.11 Å². The highest BCUT2D eigenvalue weighted by Crippen LogP contribution is 2.42. The highest BCUT2D eigenvalue weighted by molar-refractivity contribution is 5.42. The van der Waals surface area contributed by atoms with Gasteiger partial charge in [0.15, 0.2) is 0 Å². The van der Waals surface area contributed by atoms with Gasteiger partial charge in [-0.15, -0.1) is 0 Å². The van der Waals surface area contributed by atoms with Crippen molar-refractivity contribution in [3.8, 4) is 5.75 Å². The summed E-state index contributed by atoms with van der Waals surface area (Å²) < 4.78 is 5.35. The SMILES string of the molecule is CCC1(CC)CCN(C2Cc3ccc(OC)cc3C2N)C1. The first kappa shape index (κ1) is 14.9. The summed E-state index contributed by atoms with van der Waals surface area (Å²) in [5, 5.41) is 0. The normalized spacial score (nSPS) is 27.8. The van der Waals surface area contributed by atoms with Gasteiger partial charge in [0.2, 0.25) is 0 Å². The third-order valence-electron chi connectivity index (χ3n) is 5.99. The first-order valence-corrected chi connectivity index (χ1v) is 8.29. The van der Waals surface area contributed by atoms with Gasteiger partial charge >= 0.3 is 0 Å². The number of rotatable bonds is 4. The molecule has 0 bridgehead atoms. The third-order valence-corrected chi connectivity index (χ3v) is 5.99. The molecule has 0 spiro atoms. The molecular formula is C18H28N2O. The lowest BCUT2D eigenvalue weighted by Gasteiger charge is -2.31. The van der Waals surface area contributed by atoms with E-state index in [9.17, 15) is 0 Å². The molecule has 0 radical (unpaired) electrons. The summed E-state index contributed by atoms with van der Waals surface area (Å²) in [6.45, 7) is 7.08. The fourth-order valence-electron chi connectivity index (χ4n) is 4.19. The van der Waals surface area contributed by atoms with Crippen molar-refractivity contribution < 1.29 is 4.74 Å². The Labute approximate surface area is 128 Å². The van der Waals surface area contributed by atoms with Crippen LogP contribution in [0.25, 0.3) is 0 Å². The molecule has 0 amide bonds. The fourth-order valence-corrected chi connectivity index (χ4v) is 4.19. The number of methoxy groups -OCH3 is 1. The Hall–Kier alpha value is -1.06. The Morgan fingerprint density at radius 2 is 2.10 bits per heavy atom. The Balaban J connectivity index is 1.78. The van der Waals surface area contributed by atoms with Gasteiger partial charge in [-0.3, -0.25) is 4.90 Å². The summed E-state index contributed by atoms with van der Waals surface area (Å²) in [6, 6.07) is 6.96. The van der Waals surface area contributed by atoms with Crippen LogP contribution in [0.15, 0.2) is 18.2 Å². The predicted octanol–water partition coefficient (Wildman–Crippen LogP) is 3.13. The zero-order chi connectivity index (χ0) is 15.0. The summed E-state index contributed by atoms with van der Waals surface area (Å²) in [5.74, 6) is 0.919. The largest absolute Gasteiger partial charge is 0.497 e. The molecule has 116 valence electrons. The van der Waals surface area contributed by atoms with E-state index in [-0.39, 0.29) is 6.04 Å². The second kappa shape index (κ2) is 5.62. The van der Waals surface area contributed by atoms with Crippen molar-refractivity contribution in [2.45, 2.75) is 51.6 Å². The minimum atomic E-state index is 0.125. The third kappa shape index (κ3) is 2.47. The van der Waals surface area contributed by atoms with Crippen LogP contribution in [0.2, 0.25) is 0 Å². The molecule has 2 unspecified atom stereocenters. The number of fused-ring (bicyclic) bond motifs is 1. The second-order valence-corrected chi connectivity index (χ2v) is 6.79. The summed E-state index contributed by atoms with van der Waals surface area (Å²) in [4.78, 5) is 2.64. The zero-order valence-electron chi connectivity index (χ0n) is 13.6. The van der Waals surface area contributed by atoms with Gasteiger partial charge in [-0.1, -0.05) is 19.9 Å². The van der Waals surface area contributed by atoms with Crippen molar-refractivity contribution in [3.05, 3.63) is 29.3 Å². The molecule has 3 heteroatoms. The van der Waals surface area contributed by atoms with E-state index in [4.69, 9.17) is 10.5 Å². The molecule has 2 N–H and O–H groups in total. The van der Waals surface area contributed by atoms with Crippen LogP contribution in [0.4, 0.5) is 0 Å². The van der Waals surface area contributed by atoms with E-state index in [1.807, 2.05) is 0 Å². The highest BCUT2D eigenvalue weighted by atomic mass is 16.5. The summed E-state index contributed by atoms with van der Waals surface area (Å²) >= 11 is 0. The minimum Gasteiger partial charge on any atom is -0.497 e. The van der Waals surface area contributed by atoms with Crippen LogP contribution in [0.1, 0.15) is 50.3 Å². The summed E-state index contributed by atoms with van der Waals surface area (Å²) in [5.41, 5.74) is 9.77. The quantitative estimate of drug-likeness (QED) is 0.925. The van der Waals surface area contributed by atoms with Gasteiger partial charge in [-0.2, -0.15) is 0 Å². The maximum absolute atomic E-state index is 6.57. The second-order valence-electron chi connectivity index (χ2n) is 6.79. The first-order valence-electron chi connectivity index (χ1n) is 8.29. The van der Waals surface area contributed by atoms with Crippen LogP contribution in [0.3, 0.4) is 0 Å². The number of likely N-dealkylation sites (tertiary alicyclic amines) is 1. The van der Waals surface area contributed by atoms with Gasteiger partial charge < -0.3 is 10.5 Å². The lowest BCUT2D eigenvalue weighted by Crippen LogP contribution is -2.40. The van der Waals surface area contributed by atoms with E-state index >= 15 is 0 Å². The molecule has 2 atom stereocenters. The molecule has 1 aromatic rings. The maximum Gasteiger partial charge on any atom is 0.119 e. The number of nitrogens with zero attached hydrogens (tertiary/aromatic N) is 1. The van der Waals surface area contributed by atoms with E-state index in [0.29, 0.717) is 11.5 Å². The van der Waals surface area contributed by atoms with Crippen molar-refractivity contribution >= 4 is 0 Å². The summed E-state index contributed by atoms with van der Waals surface area (Å²) in [7, 11) is 1.72. The molecule has 1 aromatic carbocycles. The van der Waals surface area contributed by atoms with Crippen LogP contribution in [0.5, 0.6) is 5.75 Å². The van der Waals surface area contributed by atoms with Crippen molar-refractivity contribution in [2.75, 3.05) is 20.2 Å². The van der Waals surface area contributed by atoms with Gasteiger partial charge in [0, 0.05) is 18.6 Å². The number of hydrogen-bond donors (Lipinski definition) is 1. The Morgan fingerprint density at radius 1 is 1.33 bits per heavy atom. The Bertz CT molecular complexity index is 510. The average Bonchev–Trinajstić information content (AvgIpc) is 3.09. The predicted molar refractivity (Wildman–Crippen MR) is 86.6 cm³/mol. The van der Waals surface area contributed by atoms with Crippen molar-refractivity contribution in [3.63, 3.8) is 0 Å². The van der Waals surface area contributed by atoms with Gasteiger partial charge in [0.25, 0.3) is 0 Å². The lowest BCUT2D eigenvalue weighted by atomic mass is 9.82. The molecule has 1 saturated heterocycles. The standard InChI is InChI=1S/C18H28N2O/c1-4-18(5-2)8-9-20(12-18)16-10-13-6-7-14(21-3)11-15(13)17(16)19/h6-7,11,16-17H,4-5,8-10,12,19H2,1-3H3. The van der Waals surface area contributed by atoms with Crippen molar-refractivity contribution in [2.24, 2.45) is 11.1 Å². The zero-order valence-corrected chi connectivity index (χ0v) is 13.6. The van der Waals surface area contributed by atoms with Crippen molar-refractivity contribution in [1.29, 1.82) is 0 Å². The maximum atomic E-state index is 6.57. The molecular weight excluding hydrogens is 260 g/mol. The smallest absolute Gasteiger partial charge is 0.119 e. The molecule has 1 heterocycles. The van der Waals surface area contributed by atoms with Crippen LogP contribution < -0.4 is 10.5 Å².